The lowest BCUT2D eigenvalue weighted by atomic mass is 10.1. The minimum Gasteiger partial charge on any atom is -0.478 e. The molecule has 0 radical (unpaired) electrons. The normalized spacial score (nSPS) is 12.2. The van der Waals surface area contributed by atoms with Crippen molar-refractivity contribution in [1.82, 2.24) is 0 Å². The van der Waals surface area contributed by atoms with Gasteiger partial charge in [0, 0.05) is 23.8 Å². The van der Waals surface area contributed by atoms with Crippen molar-refractivity contribution in [2.75, 3.05) is 25.6 Å². The van der Waals surface area contributed by atoms with Gasteiger partial charge in [-0.1, -0.05) is 22.9 Å². The minimum absolute atomic E-state index is 0.265. The zero-order chi connectivity index (χ0) is 12.8. The van der Waals surface area contributed by atoms with Crippen LogP contribution in [-0.4, -0.2) is 31.3 Å². The number of hydrogen-bond donors (Lipinski definition) is 2. The molecule has 2 N–H and O–H groups in total. The molecule has 0 heterocycles. The Morgan fingerprint density at radius 3 is 2.82 bits per heavy atom. The highest BCUT2D eigenvalue weighted by Gasteiger charge is 2.07. The average molecular weight is 302 g/mol. The third kappa shape index (κ3) is 4.75. The van der Waals surface area contributed by atoms with Crippen LogP contribution in [0.15, 0.2) is 22.7 Å². The molecule has 5 heteroatoms. The van der Waals surface area contributed by atoms with Crippen LogP contribution < -0.4 is 5.32 Å². The van der Waals surface area contributed by atoms with Crippen molar-refractivity contribution >= 4 is 27.6 Å². The summed E-state index contributed by atoms with van der Waals surface area (Å²) in [6.45, 7) is 3.47. The standard InChI is InChI=1S/C12H16BrNO3/c1-8(7-17-2)6-14-11-4-9(12(15)16)3-10(13)5-11/h3-5,8,14H,6-7H2,1-2H3,(H,15,16). The summed E-state index contributed by atoms with van der Waals surface area (Å²) in [4.78, 5) is 10.9. The highest BCUT2D eigenvalue weighted by atomic mass is 79.9. The van der Waals surface area contributed by atoms with E-state index < -0.39 is 5.97 Å². The van der Waals surface area contributed by atoms with E-state index in [1.807, 2.05) is 6.07 Å². The number of carboxylic acids is 1. The number of methoxy groups -OCH3 is 1. The molecule has 0 saturated heterocycles. The summed E-state index contributed by atoms with van der Waals surface area (Å²) in [5.74, 6) is -0.563. The van der Waals surface area contributed by atoms with Crippen molar-refractivity contribution in [2.45, 2.75) is 6.92 Å². The first-order valence-electron chi connectivity index (χ1n) is 5.29. The predicted molar refractivity (Wildman–Crippen MR) is 70.6 cm³/mol. The maximum absolute atomic E-state index is 10.9. The Morgan fingerprint density at radius 1 is 1.53 bits per heavy atom. The van der Waals surface area contributed by atoms with Gasteiger partial charge < -0.3 is 15.2 Å². The van der Waals surface area contributed by atoms with E-state index in [1.165, 1.54) is 0 Å². The lowest BCUT2D eigenvalue weighted by Gasteiger charge is -2.13. The van der Waals surface area contributed by atoms with E-state index in [4.69, 9.17) is 9.84 Å². The van der Waals surface area contributed by atoms with Crippen molar-refractivity contribution in [2.24, 2.45) is 5.92 Å². The molecular weight excluding hydrogens is 286 g/mol. The molecule has 0 spiro atoms. The van der Waals surface area contributed by atoms with Crippen LogP contribution in [0.1, 0.15) is 17.3 Å². The van der Waals surface area contributed by atoms with Gasteiger partial charge in [0.15, 0.2) is 0 Å². The van der Waals surface area contributed by atoms with Gasteiger partial charge in [-0.05, 0) is 24.1 Å². The number of halogens is 1. The van der Waals surface area contributed by atoms with Gasteiger partial charge in [0.25, 0.3) is 0 Å². The first-order valence-corrected chi connectivity index (χ1v) is 6.09. The average Bonchev–Trinajstić information content (AvgIpc) is 2.26. The van der Waals surface area contributed by atoms with Gasteiger partial charge in [-0.2, -0.15) is 0 Å². The maximum Gasteiger partial charge on any atom is 0.335 e. The van der Waals surface area contributed by atoms with Gasteiger partial charge in [-0.3, -0.25) is 0 Å². The monoisotopic (exact) mass is 301 g/mol. The molecule has 0 amide bonds. The molecule has 0 bridgehead atoms. The van der Waals surface area contributed by atoms with Gasteiger partial charge in [0.05, 0.1) is 12.2 Å². The van der Waals surface area contributed by atoms with Crippen LogP contribution in [0, 0.1) is 5.92 Å². The Bertz CT molecular complexity index is 395. The molecule has 1 aromatic carbocycles. The highest BCUT2D eigenvalue weighted by molar-refractivity contribution is 9.10. The van der Waals surface area contributed by atoms with Gasteiger partial charge in [-0.15, -0.1) is 0 Å². The largest absolute Gasteiger partial charge is 0.478 e. The first-order chi connectivity index (χ1) is 8.02. The lowest BCUT2D eigenvalue weighted by Crippen LogP contribution is -2.16. The summed E-state index contributed by atoms with van der Waals surface area (Å²) in [6, 6.07) is 5.05. The smallest absolute Gasteiger partial charge is 0.335 e. The van der Waals surface area contributed by atoms with Gasteiger partial charge in [0.1, 0.15) is 0 Å². The third-order valence-corrected chi connectivity index (χ3v) is 2.71. The number of carboxylic acid groups (broad SMARTS) is 1. The van der Waals surface area contributed by atoms with Crippen molar-refractivity contribution in [3.05, 3.63) is 28.2 Å². The molecule has 4 nitrogen and oxygen atoms in total. The van der Waals surface area contributed by atoms with E-state index in [1.54, 1.807) is 19.2 Å². The Labute approximate surface area is 109 Å². The van der Waals surface area contributed by atoms with E-state index in [9.17, 15) is 4.79 Å². The molecule has 0 aromatic heterocycles. The molecule has 0 aliphatic carbocycles. The minimum atomic E-state index is -0.931. The van der Waals surface area contributed by atoms with E-state index in [2.05, 4.69) is 28.2 Å². The van der Waals surface area contributed by atoms with Crippen LogP contribution >= 0.6 is 15.9 Å². The van der Waals surface area contributed by atoms with Crippen molar-refractivity contribution in [3.63, 3.8) is 0 Å². The SMILES string of the molecule is COCC(C)CNc1cc(Br)cc(C(=O)O)c1. The summed E-state index contributed by atoms with van der Waals surface area (Å²) in [5.41, 5.74) is 1.06. The highest BCUT2D eigenvalue weighted by Crippen LogP contribution is 2.20. The summed E-state index contributed by atoms with van der Waals surface area (Å²) < 4.78 is 5.78. The Morgan fingerprint density at radius 2 is 2.24 bits per heavy atom. The van der Waals surface area contributed by atoms with Gasteiger partial charge in [-0.25, -0.2) is 4.79 Å². The Kier molecular flexibility index (Phi) is 5.44. The molecule has 1 rings (SSSR count). The molecule has 0 saturated carbocycles. The molecule has 0 fully saturated rings. The van der Waals surface area contributed by atoms with Crippen LogP contribution in [0.3, 0.4) is 0 Å². The lowest BCUT2D eigenvalue weighted by molar-refractivity contribution is 0.0697. The van der Waals surface area contributed by atoms with Crippen LogP contribution in [0.25, 0.3) is 0 Å². The first kappa shape index (κ1) is 14.0. The molecule has 1 unspecified atom stereocenters. The van der Waals surface area contributed by atoms with Gasteiger partial charge >= 0.3 is 5.97 Å². The second-order valence-corrected chi connectivity index (χ2v) is 4.89. The Hall–Kier alpha value is -1.07. The zero-order valence-electron chi connectivity index (χ0n) is 9.87. The molecule has 17 heavy (non-hydrogen) atoms. The quantitative estimate of drug-likeness (QED) is 0.848. The number of ether oxygens (including phenoxy) is 1. The zero-order valence-corrected chi connectivity index (χ0v) is 11.5. The molecule has 0 aliphatic heterocycles. The van der Waals surface area contributed by atoms with E-state index >= 15 is 0 Å². The summed E-state index contributed by atoms with van der Waals surface area (Å²) in [5, 5.41) is 12.1. The van der Waals surface area contributed by atoms with Crippen molar-refractivity contribution < 1.29 is 14.6 Å². The number of hydrogen-bond acceptors (Lipinski definition) is 3. The number of anilines is 1. The fourth-order valence-corrected chi connectivity index (χ4v) is 1.94. The van der Waals surface area contributed by atoms with Crippen LogP contribution in [0.4, 0.5) is 5.69 Å². The van der Waals surface area contributed by atoms with Crippen LogP contribution in [0.5, 0.6) is 0 Å². The fourth-order valence-electron chi connectivity index (χ4n) is 1.45. The van der Waals surface area contributed by atoms with Crippen LogP contribution in [0.2, 0.25) is 0 Å². The van der Waals surface area contributed by atoms with Gasteiger partial charge in [0.2, 0.25) is 0 Å². The Balaban J connectivity index is 2.68. The van der Waals surface area contributed by atoms with Crippen molar-refractivity contribution in [1.29, 1.82) is 0 Å². The molecule has 94 valence electrons. The molecular formula is C12H16BrNO3. The molecule has 0 aliphatic rings. The van der Waals surface area contributed by atoms with E-state index in [0.29, 0.717) is 12.5 Å². The maximum atomic E-state index is 10.9. The molecule has 1 aromatic rings. The van der Waals surface area contributed by atoms with E-state index in [-0.39, 0.29) is 5.56 Å². The fraction of sp³-hybridized carbons (Fsp3) is 0.417. The molecule has 1 atom stereocenters. The van der Waals surface area contributed by atoms with Crippen LogP contribution in [-0.2, 0) is 4.74 Å². The number of nitrogens with one attached hydrogen (secondary N) is 1. The predicted octanol–water partition coefficient (Wildman–Crippen LogP) is 2.84. The topological polar surface area (TPSA) is 58.6 Å². The second-order valence-electron chi connectivity index (χ2n) is 3.98. The number of carbonyl (C=O) groups is 1. The van der Waals surface area contributed by atoms with Crippen molar-refractivity contribution in [3.8, 4) is 0 Å². The summed E-state index contributed by atoms with van der Waals surface area (Å²) in [6.07, 6.45) is 0. The summed E-state index contributed by atoms with van der Waals surface area (Å²) >= 11 is 3.29. The van der Waals surface area contributed by atoms with E-state index in [0.717, 1.165) is 16.7 Å². The number of aromatic carboxylic acids is 1. The summed E-state index contributed by atoms with van der Waals surface area (Å²) in [7, 11) is 1.66. The number of rotatable bonds is 6. The second kappa shape index (κ2) is 6.61. The third-order valence-electron chi connectivity index (χ3n) is 2.25. The number of benzene rings is 1.